The number of hydrogen-bond acceptors (Lipinski definition) is 6. The number of aliphatic carboxylic acids is 1. The fourth-order valence-corrected chi connectivity index (χ4v) is 2.86. The first kappa shape index (κ1) is 17.7. The summed E-state index contributed by atoms with van der Waals surface area (Å²) in [5.74, 6) is -1.60. The van der Waals surface area contributed by atoms with Gasteiger partial charge in [-0.05, 0) is 24.6 Å². The van der Waals surface area contributed by atoms with Crippen molar-refractivity contribution in [1.82, 2.24) is 5.32 Å². The Hall–Kier alpha value is -2.68. The van der Waals surface area contributed by atoms with E-state index in [9.17, 15) is 14.4 Å². The molecule has 1 saturated heterocycles. The quantitative estimate of drug-likeness (QED) is 0.549. The van der Waals surface area contributed by atoms with Gasteiger partial charge in [0.05, 0.1) is 12.1 Å². The number of benzene rings is 1. The molecular formula is C15H16N4O4S. The van der Waals surface area contributed by atoms with Crippen LogP contribution >= 0.6 is 11.8 Å². The van der Waals surface area contributed by atoms with Crippen molar-refractivity contribution < 1.29 is 19.5 Å². The summed E-state index contributed by atoms with van der Waals surface area (Å²) < 4.78 is 0. The van der Waals surface area contributed by atoms with Crippen molar-refractivity contribution in [3.05, 3.63) is 29.8 Å². The van der Waals surface area contributed by atoms with Gasteiger partial charge in [0.1, 0.15) is 5.25 Å². The first-order chi connectivity index (χ1) is 11.3. The highest BCUT2D eigenvalue weighted by Crippen LogP contribution is 2.22. The number of amidine groups is 1. The van der Waals surface area contributed by atoms with Gasteiger partial charge in [0.2, 0.25) is 11.8 Å². The summed E-state index contributed by atoms with van der Waals surface area (Å²) in [6.45, 7) is 3.17. The lowest BCUT2D eigenvalue weighted by Gasteiger charge is -2.04. The monoisotopic (exact) mass is 348 g/mol. The number of carboxylic acid groups (broad SMARTS) is 1. The molecule has 2 amide bonds. The van der Waals surface area contributed by atoms with E-state index in [1.807, 2.05) is 6.07 Å². The predicted molar refractivity (Wildman–Crippen MR) is 92.2 cm³/mol. The maximum absolute atomic E-state index is 11.6. The maximum atomic E-state index is 11.6. The SMILES string of the molecule is CC(=O)Nc1cccc(C(C)=NN=C2NC(=O)C(CC(=O)O)S2)c1. The minimum absolute atomic E-state index is 0.170. The van der Waals surface area contributed by atoms with Crippen LogP contribution in [0.25, 0.3) is 0 Å². The van der Waals surface area contributed by atoms with E-state index in [0.717, 1.165) is 17.3 Å². The Kier molecular flexibility index (Phi) is 5.69. The summed E-state index contributed by atoms with van der Waals surface area (Å²) in [4.78, 5) is 33.4. The van der Waals surface area contributed by atoms with Gasteiger partial charge >= 0.3 is 5.97 Å². The standard InChI is InChI=1S/C15H16N4O4S/c1-8(10-4-3-5-11(6-10)16-9(2)20)18-19-15-17-14(23)12(24-15)7-13(21)22/h3-6,12H,7H2,1-2H3,(H,16,20)(H,21,22)(H,17,19,23). The molecule has 0 aromatic heterocycles. The van der Waals surface area contributed by atoms with E-state index in [4.69, 9.17) is 5.11 Å². The Labute approximate surface area is 142 Å². The Morgan fingerprint density at radius 3 is 2.79 bits per heavy atom. The topological polar surface area (TPSA) is 120 Å². The Morgan fingerprint density at radius 1 is 1.38 bits per heavy atom. The van der Waals surface area contributed by atoms with Crippen molar-refractivity contribution in [2.24, 2.45) is 10.2 Å². The molecule has 1 unspecified atom stereocenters. The second kappa shape index (κ2) is 7.73. The van der Waals surface area contributed by atoms with Crippen LogP contribution < -0.4 is 10.6 Å². The number of amides is 2. The van der Waals surface area contributed by atoms with Gasteiger partial charge in [-0.2, -0.15) is 5.10 Å². The average molecular weight is 348 g/mol. The zero-order valence-corrected chi connectivity index (χ0v) is 13.9. The number of carboxylic acids is 1. The lowest BCUT2D eigenvalue weighted by molar-refractivity contribution is -0.138. The summed E-state index contributed by atoms with van der Waals surface area (Å²) in [6.07, 6.45) is -0.267. The van der Waals surface area contributed by atoms with Gasteiger partial charge in [-0.3, -0.25) is 14.4 Å². The van der Waals surface area contributed by atoms with Crippen LogP contribution in [0.1, 0.15) is 25.8 Å². The molecule has 0 saturated carbocycles. The maximum Gasteiger partial charge on any atom is 0.305 e. The van der Waals surface area contributed by atoms with Gasteiger partial charge < -0.3 is 15.7 Å². The fraction of sp³-hybridized carbons (Fsp3) is 0.267. The van der Waals surface area contributed by atoms with Gasteiger partial charge in [-0.25, -0.2) is 0 Å². The van der Waals surface area contributed by atoms with Crippen LogP contribution in [-0.4, -0.2) is 39.0 Å². The highest BCUT2D eigenvalue weighted by molar-refractivity contribution is 8.15. The summed E-state index contributed by atoms with van der Waals surface area (Å²) >= 11 is 1.04. The summed E-state index contributed by atoms with van der Waals surface area (Å²) in [5.41, 5.74) is 2.00. The zero-order valence-electron chi connectivity index (χ0n) is 13.1. The Bertz CT molecular complexity index is 745. The van der Waals surface area contributed by atoms with Crippen LogP contribution in [0, 0.1) is 0 Å². The third kappa shape index (κ3) is 4.92. The minimum Gasteiger partial charge on any atom is -0.481 e. The van der Waals surface area contributed by atoms with Crippen molar-refractivity contribution in [3.63, 3.8) is 0 Å². The number of nitrogens with one attached hydrogen (secondary N) is 2. The molecule has 1 aliphatic heterocycles. The molecule has 1 aromatic rings. The van der Waals surface area contributed by atoms with Gasteiger partial charge in [0, 0.05) is 12.6 Å². The minimum atomic E-state index is -1.04. The van der Waals surface area contributed by atoms with Crippen molar-refractivity contribution in [2.75, 3.05) is 5.32 Å². The molecule has 0 aliphatic carbocycles. The van der Waals surface area contributed by atoms with Crippen LogP contribution in [0.2, 0.25) is 0 Å². The van der Waals surface area contributed by atoms with E-state index in [1.54, 1.807) is 25.1 Å². The largest absolute Gasteiger partial charge is 0.481 e. The third-order valence-corrected chi connectivity index (χ3v) is 4.10. The van der Waals surface area contributed by atoms with E-state index in [1.165, 1.54) is 6.92 Å². The first-order valence-corrected chi connectivity index (χ1v) is 7.92. The third-order valence-electron chi connectivity index (χ3n) is 3.03. The van der Waals surface area contributed by atoms with Gasteiger partial charge in [0.25, 0.3) is 0 Å². The molecule has 1 atom stereocenters. The average Bonchev–Trinajstić information content (AvgIpc) is 2.84. The number of carbonyl (C=O) groups excluding carboxylic acids is 2. The lowest BCUT2D eigenvalue weighted by Crippen LogP contribution is -2.26. The van der Waals surface area contributed by atoms with Crippen LogP contribution in [-0.2, 0) is 14.4 Å². The van der Waals surface area contributed by atoms with E-state index < -0.39 is 11.2 Å². The molecule has 8 nitrogen and oxygen atoms in total. The highest BCUT2D eigenvalue weighted by Gasteiger charge is 2.32. The molecule has 24 heavy (non-hydrogen) atoms. The number of hydrogen-bond donors (Lipinski definition) is 3. The predicted octanol–water partition coefficient (Wildman–Crippen LogP) is 1.43. The van der Waals surface area contributed by atoms with Crippen LogP contribution in [0.4, 0.5) is 5.69 Å². The van der Waals surface area contributed by atoms with Crippen molar-refractivity contribution >= 4 is 46.1 Å². The van der Waals surface area contributed by atoms with Crippen LogP contribution in [0.5, 0.6) is 0 Å². The molecule has 3 N–H and O–H groups in total. The van der Waals surface area contributed by atoms with Crippen LogP contribution in [0.15, 0.2) is 34.5 Å². The molecule has 0 radical (unpaired) electrons. The summed E-state index contributed by atoms with van der Waals surface area (Å²) in [5, 5.41) is 21.5. The first-order valence-electron chi connectivity index (χ1n) is 7.04. The summed E-state index contributed by atoms with van der Waals surface area (Å²) in [7, 11) is 0. The number of rotatable bonds is 5. The number of nitrogens with zero attached hydrogens (tertiary/aromatic N) is 2. The van der Waals surface area contributed by atoms with E-state index in [-0.39, 0.29) is 23.4 Å². The number of anilines is 1. The molecule has 126 valence electrons. The smallest absolute Gasteiger partial charge is 0.305 e. The normalized spacial score (nSPS) is 19.2. The lowest BCUT2D eigenvalue weighted by atomic mass is 10.1. The molecule has 1 aliphatic rings. The summed E-state index contributed by atoms with van der Waals surface area (Å²) in [6, 6.07) is 7.11. The molecule has 2 rings (SSSR count). The highest BCUT2D eigenvalue weighted by atomic mass is 32.2. The number of thioether (sulfide) groups is 1. The molecule has 0 spiro atoms. The Morgan fingerprint density at radius 2 is 2.12 bits per heavy atom. The van der Waals surface area contributed by atoms with E-state index >= 15 is 0 Å². The van der Waals surface area contributed by atoms with E-state index in [2.05, 4.69) is 20.8 Å². The van der Waals surface area contributed by atoms with Gasteiger partial charge in [-0.1, -0.05) is 23.9 Å². The molecule has 0 bridgehead atoms. The zero-order chi connectivity index (χ0) is 17.7. The molecular weight excluding hydrogens is 332 g/mol. The van der Waals surface area contributed by atoms with Gasteiger partial charge in [-0.15, -0.1) is 5.10 Å². The molecule has 1 fully saturated rings. The van der Waals surface area contributed by atoms with E-state index in [0.29, 0.717) is 11.4 Å². The van der Waals surface area contributed by atoms with Crippen molar-refractivity contribution in [2.45, 2.75) is 25.5 Å². The van der Waals surface area contributed by atoms with Crippen LogP contribution in [0.3, 0.4) is 0 Å². The second-order valence-electron chi connectivity index (χ2n) is 5.05. The fourth-order valence-electron chi connectivity index (χ4n) is 1.95. The molecule has 1 aromatic carbocycles. The molecule has 1 heterocycles. The van der Waals surface area contributed by atoms with Crippen molar-refractivity contribution in [1.29, 1.82) is 0 Å². The molecule has 9 heteroatoms. The Balaban J connectivity index is 2.10. The number of carbonyl (C=O) groups is 3. The van der Waals surface area contributed by atoms with Gasteiger partial charge in [0.15, 0.2) is 5.17 Å². The second-order valence-corrected chi connectivity index (χ2v) is 6.24. The van der Waals surface area contributed by atoms with Crippen molar-refractivity contribution in [3.8, 4) is 0 Å².